The first-order chi connectivity index (χ1) is 8.65. The number of amides is 1. The smallest absolute Gasteiger partial charge is 0.253 e. The maximum absolute atomic E-state index is 12.2. The Hall–Kier alpha value is -2.08. The number of carbonyl (C=O) groups is 1. The van der Waals surface area contributed by atoms with Crippen LogP contribution >= 0.6 is 0 Å². The second kappa shape index (κ2) is 6.61. The summed E-state index contributed by atoms with van der Waals surface area (Å²) in [7, 11) is 0. The predicted molar refractivity (Wildman–Crippen MR) is 73.2 cm³/mol. The van der Waals surface area contributed by atoms with Gasteiger partial charge in [-0.2, -0.15) is 5.26 Å². The van der Waals surface area contributed by atoms with Gasteiger partial charge in [-0.15, -0.1) is 0 Å². The second-order valence-corrected chi connectivity index (χ2v) is 4.04. The molecule has 0 aromatic heterocycles. The number of para-hydroxylation sites is 1. The van der Waals surface area contributed by atoms with Crippen molar-refractivity contribution in [3.8, 4) is 6.07 Å². The number of hydrogen-bond acceptors (Lipinski definition) is 2. The first-order valence-corrected chi connectivity index (χ1v) is 6.14. The second-order valence-electron chi connectivity index (χ2n) is 4.04. The molecule has 1 rings (SSSR count). The highest BCUT2D eigenvalue weighted by atomic mass is 16.2. The van der Waals surface area contributed by atoms with E-state index in [1.165, 1.54) is 0 Å². The fourth-order valence-electron chi connectivity index (χ4n) is 1.70. The minimum absolute atomic E-state index is 0.0953. The maximum atomic E-state index is 12.2. The van der Waals surface area contributed by atoms with E-state index in [9.17, 15) is 4.79 Å². The van der Waals surface area contributed by atoms with E-state index in [0.717, 1.165) is 6.42 Å². The van der Waals surface area contributed by atoms with Crippen molar-refractivity contribution in [2.75, 3.05) is 11.4 Å². The minimum Gasteiger partial charge on any atom is -0.307 e. The summed E-state index contributed by atoms with van der Waals surface area (Å²) in [6.45, 7) is 8.28. The highest BCUT2D eigenvalue weighted by molar-refractivity contribution is 6.05. The van der Waals surface area contributed by atoms with Gasteiger partial charge in [-0.25, -0.2) is 0 Å². The average molecular weight is 242 g/mol. The molecule has 0 N–H and O–H groups in total. The van der Waals surface area contributed by atoms with Crippen molar-refractivity contribution in [3.63, 3.8) is 0 Å². The Balaban J connectivity index is 3.16. The van der Waals surface area contributed by atoms with E-state index in [4.69, 9.17) is 5.26 Å². The molecule has 0 aliphatic rings. The van der Waals surface area contributed by atoms with E-state index in [-0.39, 0.29) is 5.91 Å². The van der Waals surface area contributed by atoms with Gasteiger partial charge in [-0.05, 0) is 25.0 Å². The van der Waals surface area contributed by atoms with Crippen LogP contribution in [0.2, 0.25) is 0 Å². The van der Waals surface area contributed by atoms with Crippen LogP contribution in [0.15, 0.2) is 36.4 Å². The van der Waals surface area contributed by atoms with Crippen LogP contribution in [0.3, 0.4) is 0 Å². The van der Waals surface area contributed by atoms with Crippen molar-refractivity contribution in [2.45, 2.75) is 26.7 Å². The lowest BCUT2D eigenvalue weighted by Crippen LogP contribution is -2.33. The lowest BCUT2D eigenvalue weighted by atomic mass is 10.1. The zero-order valence-electron chi connectivity index (χ0n) is 10.9. The quantitative estimate of drug-likeness (QED) is 0.744. The third-order valence-corrected chi connectivity index (χ3v) is 2.74. The lowest BCUT2D eigenvalue weighted by Gasteiger charge is -2.23. The fourth-order valence-corrected chi connectivity index (χ4v) is 1.70. The van der Waals surface area contributed by atoms with E-state index in [2.05, 4.69) is 12.6 Å². The number of anilines is 1. The lowest BCUT2D eigenvalue weighted by molar-refractivity contribution is -0.115. The SMILES string of the molecule is C=C(CC)C(=O)N(CCC)c1ccccc1C#N. The van der Waals surface area contributed by atoms with Gasteiger partial charge < -0.3 is 4.90 Å². The normalized spacial score (nSPS) is 9.61. The molecule has 18 heavy (non-hydrogen) atoms. The van der Waals surface area contributed by atoms with Gasteiger partial charge >= 0.3 is 0 Å². The van der Waals surface area contributed by atoms with Crippen molar-refractivity contribution in [2.24, 2.45) is 0 Å². The Morgan fingerprint density at radius 2 is 2.06 bits per heavy atom. The number of carbonyl (C=O) groups excluding carboxylic acids is 1. The van der Waals surface area contributed by atoms with Crippen molar-refractivity contribution < 1.29 is 4.79 Å². The summed E-state index contributed by atoms with van der Waals surface area (Å²) in [4.78, 5) is 13.9. The molecule has 0 radical (unpaired) electrons. The summed E-state index contributed by atoms with van der Waals surface area (Å²) in [5.74, 6) is -0.0953. The molecule has 0 heterocycles. The molecule has 0 saturated heterocycles. The molecule has 0 spiro atoms. The molecule has 0 aliphatic heterocycles. The third-order valence-electron chi connectivity index (χ3n) is 2.74. The summed E-state index contributed by atoms with van der Waals surface area (Å²) in [5.41, 5.74) is 1.75. The molecular weight excluding hydrogens is 224 g/mol. The van der Waals surface area contributed by atoms with Crippen molar-refractivity contribution in [1.82, 2.24) is 0 Å². The van der Waals surface area contributed by atoms with Gasteiger partial charge in [0.25, 0.3) is 5.91 Å². The van der Waals surface area contributed by atoms with Crippen LogP contribution in [0.4, 0.5) is 5.69 Å². The van der Waals surface area contributed by atoms with Gasteiger partial charge in [-0.3, -0.25) is 4.79 Å². The van der Waals surface area contributed by atoms with Gasteiger partial charge in [-0.1, -0.05) is 32.6 Å². The molecule has 0 fully saturated rings. The van der Waals surface area contributed by atoms with Gasteiger partial charge in [0.15, 0.2) is 0 Å². The van der Waals surface area contributed by atoms with Crippen LogP contribution in [0.1, 0.15) is 32.3 Å². The van der Waals surface area contributed by atoms with Crippen LogP contribution < -0.4 is 4.90 Å². The minimum atomic E-state index is -0.0953. The van der Waals surface area contributed by atoms with Crippen LogP contribution in [-0.4, -0.2) is 12.5 Å². The highest BCUT2D eigenvalue weighted by Crippen LogP contribution is 2.22. The maximum Gasteiger partial charge on any atom is 0.253 e. The van der Waals surface area contributed by atoms with Crippen molar-refractivity contribution >= 4 is 11.6 Å². The van der Waals surface area contributed by atoms with Gasteiger partial charge in [0, 0.05) is 12.1 Å². The van der Waals surface area contributed by atoms with Crippen molar-refractivity contribution in [1.29, 1.82) is 5.26 Å². The van der Waals surface area contributed by atoms with Crippen LogP contribution in [0.5, 0.6) is 0 Å². The summed E-state index contributed by atoms with van der Waals surface area (Å²) in [6.07, 6.45) is 1.45. The highest BCUT2D eigenvalue weighted by Gasteiger charge is 2.19. The Labute approximate surface area is 108 Å². The van der Waals surface area contributed by atoms with Gasteiger partial charge in [0.2, 0.25) is 0 Å². The molecule has 0 unspecified atom stereocenters. The zero-order valence-corrected chi connectivity index (χ0v) is 10.9. The molecule has 1 amide bonds. The summed E-state index contributed by atoms with van der Waals surface area (Å²) >= 11 is 0. The van der Waals surface area contributed by atoms with Crippen LogP contribution in [0, 0.1) is 11.3 Å². The number of nitrogens with zero attached hydrogens (tertiary/aromatic N) is 2. The van der Waals surface area contributed by atoms with E-state index in [1.807, 2.05) is 19.9 Å². The molecule has 0 aliphatic carbocycles. The molecule has 3 heteroatoms. The van der Waals surface area contributed by atoms with Gasteiger partial charge in [0.1, 0.15) is 6.07 Å². The number of rotatable bonds is 5. The van der Waals surface area contributed by atoms with Gasteiger partial charge in [0.05, 0.1) is 11.3 Å². The predicted octanol–water partition coefficient (Wildman–Crippen LogP) is 3.27. The summed E-state index contributed by atoms with van der Waals surface area (Å²) < 4.78 is 0. The van der Waals surface area contributed by atoms with E-state index >= 15 is 0 Å². The van der Waals surface area contributed by atoms with Crippen LogP contribution in [-0.2, 0) is 4.79 Å². The summed E-state index contributed by atoms with van der Waals surface area (Å²) in [5, 5.41) is 9.10. The Morgan fingerprint density at radius 1 is 1.39 bits per heavy atom. The fraction of sp³-hybridized carbons (Fsp3) is 0.333. The molecule has 1 aromatic carbocycles. The first kappa shape index (κ1) is 14.0. The molecule has 0 atom stereocenters. The average Bonchev–Trinajstić information content (AvgIpc) is 2.43. The van der Waals surface area contributed by atoms with E-state index < -0.39 is 0 Å². The van der Waals surface area contributed by atoms with Crippen LogP contribution in [0.25, 0.3) is 0 Å². The Morgan fingerprint density at radius 3 is 2.61 bits per heavy atom. The monoisotopic (exact) mass is 242 g/mol. The largest absolute Gasteiger partial charge is 0.307 e. The summed E-state index contributed by atoms with van der Waals surface area (Å²) in [6, 6.07) is 9.28. The molecule has 0 saturated carbocycles. The standard InChI is InChI=1S/C15H18N2O/c1-4-10-17(15(18)12(3)5-2)14-9-7-6-8-13(14)11-16/h6-9H,3-5,10H2,1-2H3. The number of hydrogen-bond donors (Lipinski definition) is 0. The molecule has 94 valence electrons. The van der Waals surface area contributed by atoms with E-state index in [1.54, 1.807) is 23.1 Å². The Kier molecular flexibility index (Phi) is 5.13. The topological polar surface area (TPSA) is 44.1 Å². The zero-order chi connectivity index (χ0) is 13.5. The molecule has 1 aromatic rings. The molecule has 3 nitrogen and oxygen atoms in total. The number of nitriles is 1. The molecular formula is C15H18N2O. The first-order valence-electron chi connectivity index (χ1n) is 6.14. The van der Waals surface area contributed by atoms with E-state index in [0.29, 0.717) is 29.8 Å². The number of benzene rings is 1. The Bertz CT molecular complexity index is 486. The van der Waals surface area contributed by atoms with Crippen molar-refractivity contribution in [3.05, 3.63) is 42.0 Å². The molecule has 0 bridgehead atoms. The third kappa shape index (κ3) is 2.98.